The molecule has 0 radical (unpaired) electrons. The third kappa shape index (κ3) is 1.23. The maximum absolute atomic E-state index is 5.76. The Hall–Kier alpha value is -0.990. The third-order valence-electron chi connectivity index (χ3n) is 2.88. The highest BCUT2D eigenvalue weighted by Gasteiger charge is 2.45. The van der Waals surface area contributed by atoms with Crippen LogP contribution >= 0.6 is 0 Å². The zero-order chi connectivity index (χ0) is 9.64. The molecule has 2 rings (SSSR count). The van der Waals surface area contributed by atoms with Crippen molar-refractivity contribution < 1.29 is 4.52 Å². The van der Waals surface area contributed by atoms with E-state index in [2.05, 4.69) is 25.9 Å². The second-order valence-corrected chi connectivity index (χ2v) is 4.53. The van der Waals surface area contributed by atoms with Gasteiger partial charge in [-0.15, -0.1) is 0 Å². The molecule has 0 aromatic carbocycles. The van der Waals surface area contributed by atoms with Gasteiger partial charge in [0, 0.05) is 11.0 Å². The van der Waals surface area contributed by atoms with Gasteiger partial charge in [-0.25, -0.2) is 0 Å². The minimum atomic E-state index is 0.226. The van der Waals surface area contributed by atoms with Crippen LogP contribution in [0.2, 0.25) is 0 Å². The fraction of sp³-hybridized carbons (Fsp3) is 0.700. The standard InChI is InChI=1S/C10H16N2O/c1-6(2)7-8(10(3)4-5-10)13-12-9(7)11/h6H,4-5H2,1-3H3,(H2,11,12). The van der Waals surface area contributed by atoms with Crippen molar-refractivity contribution in [3.63, 3.8) is 0 Å². The molecule has 0 amide bonds. The van der Waals surface area contributed by atoms with E-state index in [0.717, 1.165) is 11.3 Å². The molecule has 1 aromatic heterocycles. The van der Waals surface area contributed by atoms with E-state index < -0.39 is 0 Å². The number of nitrogens with zero attached hydrogens (tertiary/aromatic N) is 1. The molecule has 0 spiro atoms. The van der Waals surface area contributed by atoms with Crippen LogP contribution in [-0.4, -0.2) is 5.16 Å². The molecule has 1 aliphatic carbocycles. The Labute approximate surface area is 78.3 Å². The summed E-state index contributed by atoms with van der Waals surface area (Å²) in [5, 5.41) is 3.85. The summed E-state index contributed by atoms with van der Waals surface area (Å²) in [6.07, 6.45) is 2.39. The Bertz CT molecular complexity index is 324. The van der Waals surface area contributed by atoms with Crippen LogP contribution in [0.5, 0.6) is 0 Å². The minimum Gasteiger partial charge on any atom is -0.381 e. The first-order valence-corrected chi connectivity index (χ1v) is 4.80. The third-order valence-corrected chi connectivity index (χ3v) is 2.88. The predicted molar refractivity (Wildman–Crippen MR) is 51.6 cm³/mol. The van der Waals surface area contributed by atoms with Crippen molar-refractivity contribution in [3.05, 3.63) is 11.3 Å². The van der Waals surface area contributed by atoms with Crippen LogP contribution in [-0.2, 0) is 5.41 Å². The fourth-order valence-corrected chi connectivity index (χ4v) is 1.72. The van der Waals surface area contributed by atoms with Gasteiger partial charge in [0.1, 0.15) is 5.76 Å². The Morgan fingerprint density at radius 2 is 2.08 bits per heavy atom. The van der Waals surface area contributed by atoms with Crippen LogP contribution in [0.4, 0.5) is 5.82 Å². The van der Waals surface area contributed by atoms with Gasteiger partial charge in [0.2, 0.25) is 0 Å². The van der Waals surface area contributed by atoms with Crippen LogP contribution in [0.25, 0.3) is 0 Å². The van der Waals surface area contributed by atoms with Crippen molar-refractivity contribution >= 4 is 5.82 Å². The zero-order valence-corrected chi connectivity index (χ0v) is 8.42. The van der Waals surface area contributed by atoms with E-state index in [-0.39, 0.29) is 5.41 Å². The highest BCUT2D eigenvalue weighted by atomic mass is 16.5. The minimum absolute atomic E-state index is 0.226. The summed E-state index contributed by atoms with van der Waals surface area (Å²) in [5.41, 5.74) is 7.10. The van der Waals surface area contributed by atoms with Gasteiger partial charge in [0.25, 0.3) is 0 Å². The number of nitrogen functional groups attached to an aromatic ring is 1. The van der Waals surface area contributed by atoms with Gasteiger partial charge < -0.3 is 10.3 Å². The molecule has 2 N–H and O–H groups in total. The Morgan fingerprint density at radius 1 is 1.46 bits per heavy atom. The molecule has 0 saturated heterocycles. The Kier molecular flexibility index (Phi) is 1.65. The second kappa shape index (κ2) is 2.50. The lowest BCUT2D eigenvalue weighted by molar-refractivity contribution is 0.358. The van der Waals surface area contributed by atoms with Gasteiger partial charge in [-0.1, -0.05) is 25.9 Å². The van der Waals surface area contributed by atoms with Gasteiger partial charge in [-0.05, 0) is 18.8 Å². The van der Waals surface area contributed by atoms with Gasteiger partial charge in [-0.3, -0.25) is 0 Å². The lowest BCUT2D eigenvalue weighted by Gasteiger charge is -2.09. The number of hydrogen-bond acceptors (Lipinski definition) is 3. The maximum atomic E-state index is 5.76. The van der Waals surface area contributed by atoms with E-state index >= 15 is 0 Å². The van der Waals surface area contributed by atoms with Crippen LogP contribution in [0.15, 0.2) is 4.52 Å². The first-order valence-electron chi connectivity index (χ1n) is 4.80. The van der Waals surface area contributed by atoms with E-state index in [1.165, 1.54) is 12.8 Å². The summed E-state index contributed by atoms with van der Waals surface area (Å²) in [4.78, 5) is 0. The van der Waals surface area contributed by atoms with Crippen molar-refractivity contribution in [1.82, 2.24) is 5.16 Å². The first kappa shape index (κ1) is 8.60. The number of rotatable bonds is 2. The van der Waals surface area contributed by atoms with E-state index in [9.17, 15) is 0 Å². The molecule has 1 fully saturated rings. The number of aromatic nitrogens is 1. The van der Waals surface area contributed by atoms with Crippen LogP contribution < -0.4 is 5.73 Å². The van der Waals surface area contributed by atoms with E-state index in [1.807, 2.05) is 0 Å². The van der Waals surface area contributed by atoms with Crippen molar-refractivity contribution in [3.8, 4) is 0 Å². The number of hydrogen-bond donors (Lipinski definition) is 1. The lowest BCUT2D eigenvalue weighted by Crippen LogP contribution is -2.04. The largest absolute Gasteiger partial charge is 0.381 e. The quantitative estimate of drug-likeness (QED) is 0.760. The molecule has 0 unspecified atom stereocenters. The molecule has 3 heteroatoms. The summed E-state index contributed by atoms with van der Waals surface area (Å²) in [7, 11) is 0. The Balaban J connectivity index is 2.46. The fourth-order valence-electron chi connectivity index (χ4n) is 1.72. The second-order valence-electron chi connectivity index (χ2n) is 4.53. The van der Waals surface area contributed by atoms with Crippen LogP contribution in [0, 0.1) is 0 Å². The molecule has 0 atom stereocenters. The molecule has 72 valence electrons. The van der Waals surface area contributed by atoms with Gasteiger partial charge in [0.05, 0.1) is 0 Å². The summed E-state index contributed by atoms with van der Waals surface area (Å²) in [6, 6.07) is 0. The van der Waals surface area contributed by atoms with Crippen LogP contribution in [0.3, 0.4) is 0 Å². The Morgan fingerprint density at radius 3 is 2.54 bits per heavy atom. The topological polar surface area (TPSA) is 52.0 Å². The molecule has 1 heterocycles. The smallest absolute Gasteiger partial charge is 0.170 e. The number of nitrogens with two attached hydrogens (primary N) is 1. The van der Waals surface area contributed by atoms with Crippen LogP contribution in [0.1, 0.15) is 50.9 Å². The van der Waals surface area contributed by atoms with Crippen molar-refractivity contribution in [2.24, 2.45) is 0 Å². The zero-order valence-electron chi connectivity index (χ0n) is 8.42. The molecule has 0 bridgehead atoms. The number of anilines is 1. The molecular weight excluding hydrogens is 164 g/mol. The van der Waals surface area contributed by atoms with Gasteiger partial charge in [0.15, 0.2) is 5.82 Å². The normalized spacial score (nSPS) is 19.4. The van der Waals surface area contributed by atoms with Gasteiger partial charge in [-0.2, -0.15) is 0 Å². The average molecular weight is 180 g/mol. The van der Waals surface area contributed by atoms with Gasteiger partial charge >= 0.3 is 0 Å². The summed E-state index contributed by atoms with van der Waals surface area (Å²) in [5.74, 6) is 1.98. The predicted octanol–water partition coefficient (Wildman–Crippen LogP) is 2.43. The van der Waals surface area contributed by atoms with Crippen molar-refractivity contribution in [2.75, 3.05) is 5.73 Å². The van der Waals surface area contributed by atoms with E-state index in [1.54, 1.807) is 0 Å². The average Bonchev–Trinajstić information content (AvgIpc) is 2.63. The monoisotopic (exact) mass is 180 g/mol. The molecular formula is C10H16N2O. The highest BCUT2D eigenvalue weighted by Crippen LogP contribution is 2.50. The molecule has 0 aliphatic heterocycles. The molecule has 13 heavy (non-hydrogen) atoms. The van der Waals surface area contributed by atoms with Crippen molar-refractivity contribution in [1.29, 1.82) is 0 Å². The van der Waals surface area contributed by atoms with E-state index in [0.29, 0.717) is 11.7 Å². The summed E-state index contributed by atoms with van der Waals surface area (Å²) in [6.45, 7) is 6.45. The first-order chi connectivity index (χ1) is 6.04. The summed E-state index contributed by atoms with van der Waals surface area (Å²) < 4.78 is 5.31. The lowest BCUT2D eigenvalue weighted by atomic mass is 9.95. The molecule has 1 aromatic rings. The van der Waals surface area contributed by atoms with E-state index in [4.69, 9.17) is 10.3 Å². The molecule has 1 saturated carbocycles. The maximum Gasteiger partial charge on any atom is 0.170 e. The summed E-state index contributed by atoms with van der Waals surface area (Å²) >= 11 is 0. The molecule has 3 nitrogen and oxygen atoms in total. The SMILES string of the molecule is CC(C)c1c(N)noc1C1(C)CC1. The molecule has 1 aliphatic rings. The highest BCUT2D eigenvalue weighted by molar-refractivity contribution is 5.46. The van der Waals surface area contributed by atoms with Crippen molar-refractivity contribution in [2.45, 2.75) is 44.9 Å².